The van der Waals surface area contributed by atoms with Crippen LogP contribution in [-0.4, -0.2) is 57.5 Å². The summed E-state index contributed by atoms with van der Waals surface area (Å²) in [4.78, 5) is 27.6. The van der Waals surface area contributed by atoms with Gasteiger partial charge in [0.15, 0.2) is 11.5 Å². The smallest absolute Gasteiger partial charge is 0.289 e. The largest absolute Gasteiger partial charge is 0.459 e. The van der Waals surface area contributed by atoms with E-state index in [2.05, 4.69) is 6.92 Å². The lowest BCUT2D eigenvalue weighted by Crippen LogP contribution is -2.60. The number of aliphatic hydroxyl groups is 2. The van der Waals surface area contributed by atoms with Crippen molar-refractivity contribution in [3.63, 3.8) is 0 Å². The van der Waals surface area contributed by atoms with Gasteiger partial charge in [-0.1, -0.05) is 13.8 Å². The Morgan fingerprint density at radius 3 is 2.61 bits per heavy atom. The van der Waals surface area contributed by atoms with E-state index in [1.807, 2.05) is 6.92 Å². The molecule has 0 aliphatic heterocycles. The fourth-order valence-electron chi connectivity index (χ4n) is 8.47. The average Bonchev–Trinajstić information content (AvgIpc) is 3.45. The van der Waals surface area contributed by atoms with Crippen LogP contribution in [-0.2, 0) is 4.79 Å². The minimum Gasteiger partial charge on any atom is -0.459 e. The number of carbonyl (C=O) groups excluding carboxylic acids is 2. The maximum atomic E-state index is 13.6. The molecular formula is C28H37F2NO5. The van der Waals surface area contributed by atoms with Gasteiger partial charge in [0.05, 0.1) is 24.5 Å². The summed E-state index contributed by atoms with van der Waals surface area (Å²) in [6.45, 7) is 5.21. The van der Waals surface area contributed by atoms with Crippen LogP contribution < -0.4 is 0 Å². The number of furan rings is 1. The molecule has 0 saturated heterocycles. The number of alkyl halides is 2. The summed E-state index contributed by atoms with van der Waals surface area (Å²) in [6.07, 6.45) is 4.12. The second-order valence-corrected chi connectivity index (χ2v) is 12.1. The van der Waals surface area contributed by atoms with E-state index < -0.39 is 42.0 Å². The van der Waals surface area contributed by atoms with Crippen molar-refractivity contribution in [3.8, 4) is 0 Å². The normalized spacial score (nSPS) is 40.8. The van der Waals surface area contributed by atoms with Crippen LogP contribution in [0.15, 0.2) is 34.5 Å². The number of halogens is 2. The van der Waals surface area contributed by atoms with Crippen molar-refractivity contribution in [2.24, 2.45) is 28.6 Å². The summed E-state index contributed by atoms with van der Waals surface area (Å²) >= 11 is 0. The predicted octanol–water partition coefficient (Wildman–Crippen LogP) is 4.61. The van der Waals surface area contributed by atoms with Crippen molar-refractivity contribution in [2.75, 3.05) is 6.54 Å². The van der Waals surface area contributed by atoms with Crippen molar-refractivity contribution in [1.82, 2.24) is 4.90 Å². The average molecular weight is 506 g/mol. The van der Waals surface area contributed by atoms with E-state index in [-0.39, 0.29) is 34.7 Å². The van der Waals surface area contributed by atoms with Crippen LogP contribution in [0.25, 0.3) is 0 Å². The number of rotatable bonds is 5. The first-order valence-electron chi connectivity index (χ1n) is 13.2. The molecule has 5 rings (SSSR count). The van der Waals surface area contributed by atoms with Crippen LogP contribution in [0.1, 0.15) is 76.3 Å². The van der Waals surface area contributed by atoms with Gasteiger partial charge in [0.1, 0.15) is 0 Å². The standard InChI is InChI=1S/C28H37F2NO5/c1-16(31(15-24(29)30)25(34)23-5-4-12-36-23)18-8-11-28(35)20-14-22(33)21-13-17(32)6-9-26(21,2)19(20)7-10-27(18,28)3/h4-5,12,14,16-19,21,24,32,35H,6-11,13,15H2,1-3H3/t16?,17?,18?,19?,21?,26?,27?,28-/m1/s1. The highest BCUT2D eigenvalue weighted by atomic mass is 19.3. The van der Waals surface area contributed by atoms with E-state index in [1.54, 1.807) is 19.1 Å². The second kappa shape index (κ2) is 8.76. The lowest BCUT2D eigenvalue weighted by atomic mass is 9.46. The molecule has 2 N–H and O–H groups in total. The molecule has 4 aliphatic rings. The Kier molecular flexibility index (Phi) is 6.22. The molecule has 0 radical (unpaired) electrons. The summed E-state index contributed by atoms with van der Waals surface area (Å²) in [5.41, 5.74) is -1.43. The number of carbonyl (C=O) groups is 2. The van der Waals surface area contributed by atoms with Gasteiger partial charge in [-0.05, 0) is 92.9 Å². The molecule has 0 bridgehead atoms. The molecular weight excluding hydrogens is 468 g/mol. The van der Waals surface area contributed by atoms with Gasteiger partial charge in [-0.15, -0.1) is 0 Å². The van der Waals surface area contributed by atoms with E-state index in [0.717, 1.165) is 18.4 Å². The maximum absolute atomic E-state index is 13.6. The Morgan fingerprint density at radius 2 is 1.94 bits per heavy atom. The molecule has 198 valence electrons. The van der Waals surface area contributed by atoms with E-state index in [0.29, 0.717) is 32.1 Å². The summed E-state index contributed by atoms with van der Waals surface area (Å²) in [5, 5.41) is 22.5. The van der Waals surface area contributed by atoms with Crippen molar-refractivity contribution in [3.05, 3.63) is 35.8 Å². The monoisotopic (exact) mass is 505 g/mol. The lowest BCUT2D eigenvalue weighted by molar-refractivity contribution is -0.141. The number of fused-ring (bicyclic) bond motifs is 5. The Labute approximate surface area is 210 Å². The van der Waals surface area contributed by atoms with E-state index in [4.69, 9.17) is 4.42 Å². The number of hydrogen-bond acceptors (Lipinski definition) is 5. The minimum absolute atomic E-state index is 0.0173. The van der Waals surface area contributed by atoms with Crippen LogP contribution >= 0.6 is 0 Å². The van der Waals surface area contributed by atoms with Crippen LogP contribution in [0.4, 0.5) is 8.78 Å². The zero-order chi connectivity index (χ0) is 26.0. The lowest BCUT2D eigenvalue weighted by Gasteiger charge is -2.60. The quantitative estimate of drug-likeness (QED) is 0.610. The molecule has 0 spiro atoms. The van der Waals surface area contributed by atoms with Gasteiger partial charge in [-0.3, -0.25) is 9.59 Å². The Bertz CT molecular complexity index is 1060. The number of allylic oxidation sites excluding steroid dienone is 1. The van der Waals surface area contributed by atoms with E-state index in [9.17, 15) is 28.6 Å². The maximum Gasteiger partial charge on any atom is 0.289 e. The minimum atomic E-state index is -2.70. The highest BCUT2D eigenvalue weighted by Crippen LogP contribution is 2.67. The van der Waals surface area contributed by atoms with Gasteiger partial charge in [-0.25, -0.2) is 8.78 Å². The zero-order valence-electron chi connectivity index (χ0n) is 21.3. The summed E-state index contributed by atoms with van der Waals surface area (Å²) in [6, 6.07) is 2.47. The second-order valence-electron chi connectivity index (χ2n) is 12.1. The fraction of sp³-hybridized carbons (Fsp3) is 0.714. The highest BCUT2D eigenvalue weighted by Gasteiger charge is 2.66. The van der Waals surface area contributed by atoms with Crippen molar-refractivity contribution in [2.45, 2.75) is 89.9 Å². The van der Waals surface area contributed by atoms with E-state index in [1.165, 1.54) is 17.2 Å². The molecule has 1 aromatic heterocycles. The molecule has 4 aliphatic carbocycles. The summed E-state index contributed by atoms with van der Waals surface area (Å²) in [5.74, 6) is -1.01. The SMILES string of the molecule is CC(C1CC[C@@]2(O)C3=CC(=O)C4CC(O)CCC4(C)C3CCC12C)N(CC(F)F)C(=O)c1ccco1. The summed E-state index contributed by atoms with van der Waals surface area (Å²) in [7, 11) is 0. The molecule has 8 atom stereocenters. The number of hydrogen-bond donors (Lipinski definition) is 2. The molecule has 3 saturated carbocycles. The van der Waals surface area contributed by atoms with Crippen molar-refractivity contribution < 1.29 is 33.0 Å². The first-order valence-corrected chi connectivity index (χ1v) is 13.2. The van der Waals surface area contributed by atoms with Gasteiger partial charge >= 0.3 is 0 Å². The Hall–Kier alpha value is -2.06. The molecule has 0 aromatic carbocycles. The number of aliphatic hydroxyl groups excluding tert-OH is 1. The van der Waals surface area contributed by atoms with Gasteiger partial charge in [0.25, 0.3) is 12.3 Å². The number of ketones is 1. The molecule has 6 nitrogen and oxygen atoms in total. The molecule has 36 heavy (non-hydrogen) atoms. The molecule has 1 heterocycles. The number of nitrogens with zero attached hydrogens (tertiary/aromatic N) is 1. The third kappa shape index (κ3) is 3.62. The van der Waals surface area contributed by atoms with Crippen LogP contribution in [0.2, 0.25) is 0 Å². The predicted molar refractivity (Wildman–Crippen MR) is 128 cm³/mol. The molecule has 1 amide bonds. The summed E-state index contributed by atoms with van der Waals surface area (Å²) < 4.78 is 32.4. The first-order chi connectivity index (χ1) is 16.9. The zero-order valence-corrected chi connectivity index (χ0v) is 21.3. The van der Waals surface area contributed by atoms with Crippen molar-refractivity contribution >= 4 is 11.7 Å². The van der Waals surface area contributed by atoms with Gasteiger partial charge in [-0.2, -0.15) is 0 Å². The van der Waals surface area contributed by atoms with Crippen LogP contribution in [0, 0.1) is 28.6 Å². The number of amides is 1. The Morgan fingerprint density at radius 1 is 1.19 bits per heavy atom. The molecule has 1 aromatic rings. The molecule has 7 unspecified atom stereocenters. The van der Waals surface area contributed by atoms with Crippen LogP contribution in [0.5, 0.6) is 0 Å². The topological polar surface area (TPSA) is 91.0 Å². The Balaban J connectivity index is 1.48. The first kappa shape index (κ1) is 25.6. The molecule has 8 heteroatoms. The van der Waals surface area contributed by atoms with E-state index >= 15 is 0 Å². The highest BCUT2D eigenvalue weighted by molar-refractivity contribution is 5.95. The van der Waals surface area contributed by atoms with Gasteiger partial charge < -0.3 is 19.5 Å². The van der Waals surface area contributed by atoms with Gasteiger partial charge in [0, 0.05) is 17.4 Å². The third-order valence-electron chi connectivity index (χ3n) is 10.5. The fourth-order valence-corrected chi connectivity index (χ4v) is 8.47. The van der Waals surface area contributed by atoms with Gasteiger partial charge in [0.2, 0.25) is 0 Å². The van der Waals surface area contributed by atoms with Crippen molar-refractivity contribution in [1.29, 1.82) is 0 Å². The third-order valence-corrected chi connectivity index (χ3v) is 10.5. The van der Waals surface area contributed by atoms with Crippen LogP contribution in [0.3, 0.4) is 0 Å². The molecule has 3 fully saturated rings.